The molecule has 0 bridgehead atoms. The Labute approximate surface area is 187 Å². The second-order valence-corrected chi connectivity index (χ2v) is 9.52. The Balaban J connectivity index is 1.54. The van der Waals surface area contributed by atoms with Crippen molar-refractivity contribution in [1.82, 2.24) is 20.9 Å². The van der Waals surface area contributed by atoms with Crippen molar-refractivity contribution in [2.24, 2.45) is 11.7 Å². The van der Waals surface area contributed by atoms with Gasteiger partial charge in [-0.15, -0.1) is 0 Å². The molecule has 6 atom stereocenters. The Hall–Kier alpha value is -1.76. The van der Waals surface area contributed by atoms with E-state index in [9.17, 15) is 20.1 Å². The molecule has 3 heterocycles. The second-order valence-electron chi connectivity index (χ2n) is 9.52. The maximum Gasteiger partial charge on any atom is 0.309 e. The third-order valence-corrected chi connectivity index (χ3v) is 7.43. The number of nitrogens with one attached hydrogen (secondary N) is 4. The van der Waals surface area contributed by atoms with E-state index in [-0.39, 0.29) is 25.0 Å². The third-order valence-electron chi connectivity index (χ3n) is 7.43. The van der Waals surface area contributed by atoms with E-state index in [0.717, 1.165) is 44.1 Å². The van der Waals surface area contributed by atoms with Crippen molar-refractivity contribution in [3.8, 4) is 0 Å². The van der Waals surface area contributed by atoms with Crippen LogP contribution in [0.1, 0.15) is 51.4 Å². The van der Waals surface area contributed by atoms with Gasteiger partial charge in [-0.2, -0.15) is 0 Å². The smallest absolute Gasteiger partial charge is 0.309 e. The van der Waals surface area contributed by atoms with Gasteiger partial charge in [0, 0.05) is 0 Å². The molecule has 32 heavy (non-hydrogen) atoms. The third kappa shape index (κ3) is 3.80. The number of nitrogens with zero attached hydrogens (tertiary/aromatic N) is 1. The highest BCUT2D eigenvalue weighted by molar-refractivity contribution is 5.81. The number of ether oxygens (including phenoxy) is 1. The van der Waals surface area contributed by atoms with Gasteiger partial charge in [-0.1, -0.05) is 31.4 Å². The summed E-state index contributed by atoms with van der Waals surface area (Å²) in [5, 5.41) is 49.5. The summed E-state index contributed by atoms with van der Waals surface area (Å²) in [6.45, 7) is 3.66. The van der Waals surface area contributed by atoms with E-state index in [0.29, 0.717) is 12.8 Å². The van der Waals surface area contributed by atoms with Crippen LogP contribution < -0.4 is 21.7 Å². The molecule has 11 heteroatoms. The lowest BCUT2D eigenvalue weighted by Gasteiger charge is -2.51. The summed E-state index contributed by atoms with van der Waals surface area (Å²) in [5.41, 5.74) is 5.50. The predicted octanol–water partition coefficient (Wildman–Crippen LogP) is -1.40. The zero-order valence-corrected chi connectivity index (χ0v) is 18.3. The maximum atomic E-state index is 13.1. The molecule has 11 nitrogen and oxygen atoms in total. The molecule has 4 fully saturated rings. The normalized spacial score (nSPS) is 39.8. The summed E-state index contributed by atoms with van der Waals surface area (Å²) in [7, 11) is 0. The SMILES string of the molecule is C=C1CCCCCC[C@@H](C(=O)O[C@H]2CN3C(=N)N[C@@H](CO)C4NC(N)NC43C2(O)O)CC1. The molecule has 0 amide bonds. The van der Waals surface area contributed by atoms with Crippen LogP contribution in [0.3, 0.4) is 0 Å². The van der Waals surface area contributed by atoms with Crippen molar-refractivity contribution in [3.05, 3.63) is 12.2 Å². The molecule has 0 aromatic carbocycles. The fraction of sp³-hybridized carbons (Fsp3) is 0.810. The van der Waals surface area contributed by atoms with Crippen LogP contribution in [-0.4, -0.2) is 81.2 Å². The number of allylic oxidation sites excluding steroid dienone is 1. The number of guanidine groups is 1. The van der Waals surface area contributed by atoms with E-state index >= 15 is 0 Å². The number of esters is 1. The lowest BCUT2D eigenvalue weighted by atomic mass is 9.85. The summed E-state index contributed by atoms with van der Waals surface area (Å²) < 4.78 is 5.71. The van der Waals surface area contributed by atoms with Crippen molar-refractivity contribution >= 4 is 11.9 Å². The number of aliphatic hydroxyl groups is 3. The molecule has 3 saturated heterocycles. The molecule has 0 aromatic rings. The van der Waals surface area contributed by atoms with Crippen LogP contribution in [0.2, 0.25) is 0 Å². The monoisotopic (exact) mass is 452 g/mol. The Kier molecular flexibility index (Phi) is 6.49. The maximum absolute atomic E-state index is 13.1. The van der Waals surface area contributed by atoms with Gasteiger partial charge in [-0.25, -0.2) is 0 Å². The van der Waals surface area contributed by atoms with Crippen LogP contribution in [0.25, 0.3) is 0 Å². The first-order chi connectivity index (χ1) is 15.2. The van der Waals surface area contributed by atoms with E-state index in [4.69, 9.17) is 15.9 Å². The van der Waals surface area contributed by atoms with Crippen molar-refractivity contribution in [3.63, 3.8) is 0 Å². The molecule has 4 aliphatic rings. The standard InChI is InChI=1S/C21H36N6O5/c1-12-6-4-2-3-5-7-13(9-8-12)17(29)32-15-10-27-19(23)24-14(11-28)16-20(27,21(15,30)31)26-18(22)25-16/h13-16,18,25-26,28,30-31H,1-11,22H2,(H2,23,24)/t13-,14+,15+,16?,18?,20?/m1/s1. The average molecular weight is 453 g/mol. The van der Waals surface area contributed by atoms with Gasteiger partial charge in [0.05, 0.1) is 31.2 Å². The van der Waals surface area contributed by atoms with Gasteiger partial charge in [0.15, 0.2) is 17.7 Å². The minimum absolute atomic E-state index is 0.0972. The van der Waals surface area contributed by atoms with Crippen LogP contribution in [0.4, 0.5) is 0 Å². The van der Waals surface area contributed by atoms with Crippen molar-refractivity contribution < 1.29 is 24.9 Å². The van der Waals surface area contributed by atoms with E-state index in [2.05, 4.69) is 22.5 Å². The summed E-state index contributed by atoms with van der Waals surface area (Å²) >= 11 is 0. The minimum atomic E-state index is -2.55. The van der Waals surface area contributed by atoms with Crippen LogP contribution >= 0.6 is 0 Å². The summed E-state index contributed by atoms with van der Waals surface area (Å²) in [6.07, 6.45) is 5.14. The first-order valence-corrected chi connectivity index (χ1v) is 11.6. The number of nitrogens with two attached hydrogens (primary N) is 1. The van der Waals surface area contributed by atoms with Gasteiger partial charge in [0.2, 0.25) is 5.79 Å². The zero-order chi connectivity index (χ0) is 23.1. The van der Waals surface area contributed by atoms with Crippen molar-refractivity contribution in [2.45, 2.75) is 87.3 Å². The molecule has 1 aliphatic carbocycles. The molecule has 3 aliphatic heterocycles. The van der Waals surface area contributed by atoms with Crippen molar-refractivity contribution in [1.29, 1.82) is 5.41 Å². The summed E-state index contributed by atoms with van der Waals surface area (Å²) in [5.74, 6) is -3.45. The van der Waals surface area contributed by atoms with Gasteiger partial charge >= 0.3 is 5.97 Å². The lowest BCUT2D eigenvalue weighted by Crippen LogP contribution is -2.81. The van der Waals surface area contributed by atoms with Gasteiger partial charge in [0.25, 0.3) is 0 Å². The van der Waals surface area contributed by atoms with Gasteiger partial charge in [-0.05, 0) is 32.1 Å². The van der Waals surface area contributed by atoms with Crippen LogP contribution in [0, 0.1) is 11.3 Å². The molecule has 180 valence electrons. The van der Waals surface area contributed by atoms with Crippen LogP contribution in [-0.2, 0) is 9.53 Å². The Morgan fingerprint density at radius 1 is 1.25 bits per heavy atom. The largest absolute Gasteiger partial charge is 0.454 e. The molecule has 0 radical (unpaired) electrons. The van der Waals surface area contributed by atoms with E-state index in [1.54, 1.807) is 0 Å². The highest BCUT2D eigenvalue weighted by Crippen LogP contribution is 2.44. The molecule has 9 N–H and O–H groups in total. The van der Waals surface area contributed by atoms with Gasteiger partial charge < -0.3 is 36.0 Å². The fourth-order valence-electron chi connectivity index (χ4n) is 5.67. The molecule has 0 aromatic heterocycles. The van der Waals surface area contributed by atoms with Gasteiger partial charge in [-0.3, -0.25) is 20.8 Å². The molecular weight excluding hydrogens is 416 g/mol. The quantitative estimate of drug-likeness (QED) is 0.144. The summed E-state index contributed by atoms with van der Waals surface area (Å²) in [6, 6.07) is -1.43. The predicted molar refractivity (Wildman–Crippen MR) is 116 cm³/mol. The van der Waals surface area contributed by atoms with Gasteiger partial charge in [0.1, 0.15) is 6.29 Å². The number of aliphatic hydroxyl groups excluding tert-OH is 1. The van der Waals surface area contributed by atoms with E-state index < -0.39 is 41.9 Å². The molecule has 3 unspecified atom stereocenters. The first kappa shape index (κ1) is 23.4. The number of carbonyl (C=O) groups is 1. The molecular formula is C21H36N6O5. The lowest BCUT2D eigenvalue weighted by molar-refractivity contribution is -0.266. The highest BCUT2D eigenvalue weighted by atomic mass is 16.6. The van der Waals surface area contributed by atoms with Crippen molar-refractivity contribution in [2.75, 3.05) is 13.2 Å². The Morgan fingerprint density at radius 2 is 2.00 bits per heavy atom. The zero-order valence-electron chi connectivity index (χ0n) is 18.3. The second kappa shape index (κ2) is 8.88. The first-order valence-electron chi connectivity index (χ1n) is 11.6. The highest BCUT2D eigenvalue weighted by Gasteiger charge is 2.74. The number of hydrogen-bond donors (Lipinski definition) is 8. The topological polar surface area (TPSA) is 176 Å². The Bertz CT molecular complexity index is 763. The van der Waals surface area contributed by atoms with Crippen LogP contribution in [0.15, 0.2) is 12.2 Å². The van der Waals surface area contributed by atoms with E-state index in [1.165, 1.54) is 4.90 Å². The number of hydrogen-bond acceptors (Lipinski definition) is 9. The Morgan fingerprint density at radius 3 is 2.75 bits per heavy atom. The number of rotatable bonds is 3. The molecule has 4 rings (SSSR count). The summed E-state index contributed by atoms with van der Waals surface area (Å²) in [4.78, 5) is 14.5. The van der Waals surface area contributed by atoms with Crippen LogP contribution in [0.5, 0.6) is 0 Å². The fourth-order valence-corrected chi connectivity index (χ4v) is 5.67. The number of carbonyl (C=O) groups excluding carboxylic acids is 1. The minimum Gasteiger partial charge on any atom is -0.454 e. The molecule has 1 spiro atoms. The molecule has 1 saturated carbocycles. The average Bonchev–Trinajstić information content (AvgIpc) is 3.21. The van der Waals surface area contributed by atoms with E-state index in [1.807, 2.05) is 0 Å².